The number of hydrogen-bond donors (Lipinski definition) is 1. The summed E-state index contributed by atoms with van der Waals surface area (Å²) < 4.78 is 94.9. The van der Waals surface area contributed by atoms with Crippen LogP contribution in [0.25, 0.3) is 0 Å². The van der Waals surface area contributed by atoms with Gasteiger partial charge in [0.15, 0.2) is 5.78 Å². The Hall–Kier alpha value is -5.18. The van der Waals surface area contributed by atoms with Crippen LogP contribution >= 0.6 is 0 Å². The number of benzene rings is 3. The number of nitrogens with one attached hydrogen (secondary N) is 1. The first-order valence-electron chi connectivity index (χ1n) is 15.3. The number of H-pyrrole nitrogens is 1. The maximum atomic E-state index is 14.2. The van der Waals surface area contributed by atoms with Gasteiger partial charge in [0.2, 0.25) is 0 Å². The highest BCUT2D eigenvalue weighted by Crippen LogP contribution is 2.46. The second kappa shape index (κ2) is 14.0. The predicted molar refractivity (Wildman–Crippen MR) is 168 cm³/mol. The molecule has 0 aliphatic carbocycles. The molecule has 1 fully saturated rings. The van der Waals surface area contributed by atoms with Crippen molar-refractivity contribution in [1.29, 1.82) is 0 Å². The summed E-state index contributed by atoms with van der Waals surface area (Å²) in [5.74, 6) is -0.610. The lowest BCUT2D eigenvalue weighted by Gasteiger charge is -2.52. The quantitative estimate of drug-likeness (QED) is 0.139. The molecule has 0 unspecified atom stereocenters. The van der Waals surface area contributed by atoms with Gasteiger partial charge < -0.3 is 9.47 Å². The van der Waals surface area contributed by atoms with Crippen molar-refractivity contribution in [2.75, 3.05) is 13.2 Å². The topological polar surface area (TPSA) is 107 Å². The fraction of sp³-hybridized carbons (Fsp3) is 0.314. The number of amides is 1. The zero-order valence-electron chi connectivity index (χ0n) is 26.6. The van der Waals surface area contributed by atoms with Crippen LogP contribution in [0.4, 0.5) is 31.1 Å². The molecule has 4 aromatic rings. The molecule has 15 heteroatoms. The predicted octanol–water partition coefficient (Wildman–Crippen LogP) is 7.17. The van der Waals surface area contributed by atoms with Gasteiger partial charge in [-0.3, -0.25) is 14.3 Å². The van der Waals surface area contributed by atoms with Crippen LogP contribution in [-0.4, -0.2) is 44.7 Å². The standard InChI is InChI=1S/C35H32F6N4O5/c1-3-29(46)32(45-22-42-43-30(45)47)14-15-33(26-12-8-5-9-13-26,44(20-32)31(48)49-19-24-10-6-4-7-11-24)21-50-23(2)25-16-27(34(36,37)38)18-28(17-25)35(39,40)41/h3-13,16-18,22-23H,1,14-15,19-21H2,2H3,(H,43,47)/t23-,32+,33-/m1/s1. The molecule has 9 nitrogen and oxygen atoms in total. The molecule has 1 saturated heterocycles. The molecule has 0 bridgehead atoms. The molecule has 264 valence electrons. The van der Waals surface area contributed by atoms with Crippen LogP contribution in [0.1, 0.15) is 53.7 Å². The number of hydrogen-bond acceptors (Lipinski definition) is 6. The smallest absolute Gasteiger partial charge is 0.416 e. The summed E-state index contributed by atoms with van der Waals surface area (Å²) in [6, 6.07) is 18.3. The zero-order chi connectivity index (χ0) is 36.3. The summed E-state index contributed by atoms with van der Waals surface area (Å²) >= 11 is 0. The summed E-state index contributed by atoms with van der Waals surface area (Å²) in [5.41, 5.74) is -6.22. The number of aromatic amines is 1. The molecular weight excluding hydrogens is 670 g/mol. The Morgan fingerprint density at radius 1 is 0.960 bits per heavy atom. The monoisotopic (exact) mass is 702 g/mol. The molecule has 3 atom stereocenters. The van der Waals surface area contributed by atoms with E-state index in [1.165, 1.54) is 11.8 Å². The van der Waals surface area contributed by atoms with Gasteiger partial charge in [-0.15, -0.1) is 0 Å². The summed E-state index contributed by atoms with van der Waals surface area (Å²) in [6.45, 7) is 3.79. The first kappa shape index (κ1) is 36.1. The van der Waals surface area contributed by atoms with Crippen molar-refractivity contribution >= 4 is 11.9 Å². The second-order valence-electron chi connectivity index (χ2n) is 11.9. The maximum absolute atomic E-state index is 14.2. The summed E-state index contributed by atoms with van der Waals surface area (Å²) in [7, 11) is 0. The van der Waals surface area contributed by atoms with Crippen LogP contribution in [0.2, 0.25) is 0 Å². The maximum Gasteiger partial charge on any atom is 0.416 e. The molecule has 1 N–H and O–H groups in total. The van der Waals surface area contributed by atoms with E-state index in [1.807, 2.05) is 0 Å². The lowest BCUT2D eigenvalue weighted by atomic mass is 9.73. The Labute approximate surface area is 282 Å². The molecule has 1 aliphatic heterocycles. The fourth-order valence-electron chi connectivity index (χ4n) is 6.19. The Morgan fingerprint density at radius 3 is 2.10 bits per heavy atom. The minimum Gasteiger partial charge on any atom is -0.445 e. The van der Waals surface area contributed by atoms with Crippen LogP contribution in [0.5, 0.6) is 0 Å². The van der Waals surface area contributed by atoms with Crippen molar-refractivity contribution in [1.82, 2.24) is 19.7 Å². The van der Waals surface area contributed by atoms with Crippen molar-refractivity contribution in [2.45, 2.75) is 55.9 Å². The third-order valence-corrected chi connectivity index (χ3v) is 8.93. The van der Waals surface area contributed by atoms with Gasteiger partial charge in [-0.2, -0.15) is 31.4 Å². The number of likely N-dealkylation sites (tertiary alicyclic amines) is 1. The Kier molecular flexibility index (Phi) is 10.1. The normalized spacial score (nSPS) is 20.3. The van der Waals surface area contributed by atoms with Crippen molar-refractivity contribution in [2.24, 2.45) is 0 Å². The van der Waals surface area contributed by atoms with E-state index in [1.54, 1.807) is 60.7 Å². The van der Waals surface area contributed by atoms with Gasteiger partial charge in [0.05, 0.1) is 35.9 Å². The number of alkyl halides is 6. The highest BCUT2D eigenvalue weighted by molar-refractivity contribution is 5.96. The number of ketones is 1. The molecule has 1 aromatic heterocycles. The van der Waals surface area contributed by atoms with Crippen molar-refractivity contribution in [3.63, 3.8) is 0 Å². The van der Waals surface area contributed by atoms with Gasteiger partial charge in [0.1, 0.15) is 18.5 Å². The molecule has 50 heavy (non-hydrogen) atoms. The average Bonchev–Trinajstić information content (AvgIpc) is 3.55. The number of carbonyl (C=O) groups is 2. The number of rotatable bonds is 10. The molecular formula is C35H32F6N4O5. The Morgan fingerprint density at radius 2 is 1.56 bits per heavy atom. The van der Waals surface area contributed by atoms with Crippen molar-refractivity contribution in [3.8, 4) is 0 Å². The van der Waals surface area contributed by atoms with Crippen LogP contribution in [-0.2, 0) is 44.3 Å². The largest absolute Gasteiger partial charge is 0.445 e. The van der Waals surface area contributed by atoms with Gasteiger partial charge >= 0.3 is 24.1 Å². The van der Waals surface area contributed by atoms with Gasteiger partial charge in [-0.1, -0.05) is 67.2 Å². The number of ether oxygens (including phenoxy) is 2. The molecule has 2 heterocycles. The van der Waals surface area contributed by atoms with E-state index in [4.69, 9.17) is 9.47 Å². The number of carbonyl (C=O) groups excluding carboxylic acids is 2. The Balaban J connectivity index is 1.59. The third-order valence-electron chi connectivity index (χ3n) is 8.93. The number of piperidine rings is 1. The molecule has 1 amide bonds. The first-order chi connectivity index (χ1) is 23.6. The van der Waals surface area contributed by atoms with Crippen LogP contribution in [0.15, 0.2) is 103 Å². The molecule has 0 saturated carbocycles. The number of aromatic nitrogens is 3. The summed E-state index contributed by atoms with van der Waals surface area (Å²) in [5, 5.41) is 6.01. The van der Waals surface area contributed by atoms with E-state index in [0.717, 1.165) is 17.0 Å². The van der Waals surface area contributed by atoms with Crippen molar-refractivity contribution in [3.05, 3.63) is 136 Å². The number of halogens is 6. The van der Waals surface area contributed by atoms with Crippen LogP contribution in [0.3, 0.4) is 0 Å². The van der Waals surface area contributed by atoms with Crippen molar-refractivity contribution < 1.29 is 45.4 Å². The molecule has 0 spiro atoms. The van der Waals surface area contributed by atoms with Gasteiger partial charge in [-0.25, -0.2) is 14.7 Å². The zero-order valence-corrected chi connectivity index (χ0v) is 26.6. The van der Waals surface area contributed by atoms with Gasteiger partial charge in [0, 0.05) is 0 Å². The van der Waals surface area contributed by atoms with Gasteiger partial charge in [0.25, 0.3) is 0 Å². The van der Waals surface area contributed by atoms with E-state index >= 15 is 0 Å². The minimum atomic E-state index is -5.07. The minimum absolute atomic E-state index is 0.0291. The highest BCUT2D eigenvalue weighted by atomic mass is 19.4. The molecule has 5 rings (SSSR count). The summed E-state index contributed by atoms with van der Waals surface area (Å²) in [4.78, 5) is 41.9. The third kappa shape index (κ3) is 7.22. The van der Waals surface area contributed by atoms with E-state index < -0.39 is 76.9 Å². The lowest BCUT2D eigenvalue weighted by molar-refractivity contribution is -0.143. The SMILES string of the molecule is C=CC(=O)[C@]1(n2cn[nH]c2=O)CC[C@@](CO[C@H](C)c2cc(C(F)(F)F)cc(C(F)(F)F)c2)(c2ccccc2)N(C(=O)OCc2ccccc2)C1. The fourth-order valence-corrected chi connectivity index (χ4v) is 6.19. The summed E-state index contributed by atoms with van der Waals surface area (Å²) in [6.07, 6.45) is -10.4. The van der Waals surface area contributed by atoms with Crippen LogP contribution in [0, 0.1) is 0 Å². The Bertz CT molecular complexity index is 1860. The number of allylic oxidation sites excluding steroid dienone is 1. The van der Waals surface area contributed by atoms with E-state index in [9.17, 15) is 40.7 Å². The van der Waals surface area contributed by atoms with E-state index in [0.29, 0.717) is 23.3 Å². The molecule has 1 aliphatic rings. The van der Waals surface area contributed by atoms with Gasteiger partial charge in [-0.05, 0) is 60.7 Å². The molecule has 3 aromatic carbocycles. The lowest BCUT2D eigenvalue weighted by Crippen LogP contribution is -2.65. The second-order valence-corrected chi connectivity index (χ2v) is 11.9. The first-order valence-corrected chi connectivity index (χ1v) is 15.3. The number of nitrogens with zero attached hydrogens (tertiary/aromatic N) is 3. The highest BCUT2D eigenvalue weighted by Gasteiger charge is 2.55. The molecule has 0 radical (unpaired) electrons. The average molecular weight is 703 g/mol. The van der Waals surface area contributed by atoms with E-state index in [2.05, 4.69) is 16.8 Å². The van der Waals surface area contributed by atoms with Crippen LogP contribution < -0.4 is 5.69 Å². The van der Waals surface area contributed by atoms with E-state index in [-0.39, 0.29) is 25.5 Å².